The van der Waals surface area contributed by atoms with Crippen LogP contribution in [0.5, 0.6) is 0 Å². The first-order valence-corrected chi connectivity index (χ1v) is 5.58. The lowest BCUT2D eigenvalue weighted by atomic mass is 10.2. The van der Waals surface area contributed by atoms with E-state index in [1.54, 1.807) is 25.2 Å². The molecule has 0 aromatic heterocycles. The maximum atomic E-state index is 11.8. The van der Waals surface area contributed by atoms with E-state index in [4.69, 9.17) is 0 Å². The van der Waals surface area contributed by atoms with Gasteiger partial charge in [-0.15, -0.1) is 0 Å². The zero-order valence-corrected chi connectivity index (χ0v) is 10.4. The smallest absolute Gasteiger partial charge is 0.362 e. The second-order valence-electron chi connectivity index (χ2n) is 3.89. The quantitative estimate of drug-likeness (QED) is 0.834. The van der Waals surface area contributed by atoms with Crippen LogP contribution in [0.3, 0.4) is 0 Å². The highest BCUT2D eigenvalue weighted by molar-refractivity contribution is 5.91. The van der Waals surface area contributed by atoms with E-state index in [0.717, 1.165) is 5.56 Å². The minimum absolute atomic E-state index is 0.522. The SMILES string of the molecule is CNCc1cccc(NC(=O)COCC(F)(F)F)c1. The number of halogens is 3. The summed E-state index contributed by atoms with van der Waals surface area (Å²) in [5.41, 5.74) is 1.48. The maximum Gasteiger partial charge on any atom is 0.411 e. The van der Waals surface area contributed by atoms with Crippen molar-refractivity contribution in [1.29, 1.82) is 0 Å². The molecule has 0 spiro atoms. The average molecular weight is 276 g/mol. The molecule has 7 heteroatoms. The van der Waals surface area contributed by atoms with Gasteiger partial charge in [0.05, 0.1) is 0 Å². The zero-order chi connectivity index (χ0) is 14.3. The number of hydrogen-bond acceptors (Lipinski definition) is 3. The predicted molar refractivity (Wildman–Crippen MR) is 64.7 cm³/mol. The summed E-state index contributed by atoms with van der Waals surface area (Å²) >= 11 is 0. The van der Waals surface area contributed by atoms with E-state index in [1.807, 2.05) is 6.07 Å². The van der Waals surface area contributed by atoms with Crippen molar-refractivity contribution in [2.45, 2.75) is 12.7 Å². The summed E-state index contributed by atoms with van der Waals surface area (Å²) in [4.78, 5) is 11.3. The van der Waals surface area contributed by atoms with Gasteiger partial charge in [0.1, 0.15) is 13.2 Å². The van der Waals surface area contributed by atoms with E-state index < -0.39 is 25.3 Å². The van der Waals surface area contributed by atoms with Crippen molar-refractivity contribution in [2.75, 3.05) is 25.6 Å². The number of rotatable bonds is 6. The molecule has 0 unspecified atom stereocenters. The number of hydrogen-bond donors (Lipinski definition) is 2. The maximum absolute atomic E-state index is 11.8. The number of benzene rings is 1. The van der Waals surface area contributed by atoms with Gasteiger partial charge < -0.3 is 15.4 Å². The van der Waals surface area contributed by atoms with Crippen molar-refractivity contribution < 1.29 is 22.7 Å². The highest BCUT2D eigenvalue weighted by Gasteiger charge is 2.27. The van der Waals surface area contributed by atoms with Crippen molar-refractivity contribution in [3.63, 3.8) is 0 Å². The third kappa shape index (κ3) is 6.78. The van der Waals surface area contributed by atoms with Crippen LogP contribution < -0.4 is 10.6 Å². The standard InChI is InChI=1S/C12H15F3N2O2/c1-16-6-9-3-2-4-10(5-9)17-11(18)7-19-8-12(13,14)15/h2-5,16H,6-8H2,1H3,(H,17,18). The molecule has 4 nitrogen and oxygen atoms in total. The van der Waals surface area contributed by atoms with Crippen LogP contribution in [0.4, 0.5) is 18.9 Å². The van der Waals surface area contributed by atoms with Crippen molar-refractivity contribution in [3.8, 4) is 0 Å². The molecule has 0 aliphatic carbocycles. The lowest BCUT2D eigenvalue weighted by Gasteiger charge is -2.09. The Morgan fingerprint density at radius 1 is 1.37 bits per heavy atom. The van der Waals surface area contributed by atoms with Crippen LogP contribution in [0.1, 0.15) is 5.56 Å². The van der Waals surface area contributed by atoms with Crippen LogP contribution in [0.25, 0.3) is 0 Å². The molecule has 1 amide bonds. The molecule has 0 saturated carbocycles. The first-order chi connectivity index (χ1) is 8.90. The summed E-state index contributed by atoms with van der Waals surface area (Å²) in [6.07, 6.45) is -4.42. The number of carbonyl (C=O) groups excluding carboxylic acids is 1. The fourth-order valence-electron chi connectivity index (χ4n) is 1.42. The van der Waals surface area contributed by atoms with Gasteiger partial charge in [-0.25, -0.2) is 0 Å². The van der Waals surface area contributed by atoms with Gasteiger partial charge in [0.25, 0.3) is 0 Å². The number of alkyl halides is 3. The van der Waals surface area contributed by atoms with Gasteiger partial charge in [0.2, 0.25) is 5.91 Å². The monoisotopic (exact) mass is 276 g/mol. The van der Waals surface area contributed by atoms with Crippen LogP contribution in [-0.2, 0) is 16.1 Å². The highest BCUT2D eigenvalue weighted by atomic mass is 19.4. The van der Waals surface area contributed by atoms with Crippen molar-refractivity contribution in [1.82, 2.24) is 5.32 Å². The second kappa shape index (κ2) is 7.10. The molecule has 0 fully saturated rings. The number of ether oxygens (including phenoxy) is 1. The Hall–Kier alpha value is -1.60. The second-order valence-corrected chi connectivity index (χ2v) is 3.89. The van der Waals surface area contributed by atoms with Crippen LogP contribution in [0.15, 0.2) is 24.3 Å². The number of anilines is 1. The van der Waals surface area contributed by atoms with E-state index in [2.05, 4.69) is 15.4 Å². The fourth-order valence-corrected chi connectivity index (χ4v) is 1.42. The molecule has 2 N–H and O–H groups in total. The minimum Gasteiger partial charge on any atom is -0.362 e. The number of carbonyl (C=O) groups is 1. The molecule has 0 aliphatic heterocycles. The summed E-state index contributed by atoms with van der Waals surface area (Å²) in [5.74, 6) is -0.620. The van der Waals surface area contributed by atoms with E-state index in [1.165, 1.54) is 0 Å². The average Bonchev–Trinajstić information content (AvgIpc) is 2.28. The molecule has 106 valence electrons. The lowest BCUT2D eigenvalue weighted by molar-refractivity contribution is -0.174. The third-order valence-electron chi connectivity index (χ3n) is 2.09. The summed E-state index contributed by atoms with van der Waals surface area (Å²) in [5, 5.41) is 5.42. The van der Waals surface area contributed by atoms with Crippen LogP contribution in [0, 0.1) is 0 Å². The van der Waals surface area contributed by atoms with Gasteiger partial charge in [0, 0.05) is 12.2 Å². The van der Waals surface area contributed by atoms with Crippen molar-refractivity contribution in [2.24, 2.45) is 0 Å². The molecular formula is C12H15F3N2O2. The van der Waals surface area contributed by atoms with E-state index >= 15 is 0 Å². The first kappa shape index (κ1) is 15.5. The normalized spacial score (nSPS) is 11.4. The Morgan fingerprint density at radius 3 is 2.74 bits per heavy atom. The Bertz CT molecular complexity index is 422. The van der Waals surface area contributed by atoms with Gasteiger partial charge in [-0.1, -0.05) is 12.1 Å². The molecule has 1 aromatic carbocycles. The first-order valence-electron chi connectivity index (χ1n) is 5.58. The predicted octanol–water partition coefficient (Wildman–Crippen LogP) is 1.92. The minimum atomic E-state index is -4.42. The van der Waals surface area contributed by atoms with Crippen molar-refractivity contribution in [3.05, 3.63) is 29.8 Å². The molecule has 0 heterocycles. The molecule has 0 bridgehead atoms. The van der Waals surface area contributed by atoms with Gasteiger partial charge in [-0.05, 0) is 24.7 Å². The molecule has 1 rings (SSSR count). The molecule has 1 aromatic rings. The van der Waals surface area contributed by atoms with E-state index in [0.29, 0.717) is 12.2 Å². The Kier molecular flexibility index (Phi) is 5.78. The van der Waals surface area contributed by atoms with Crippen LogP contribution in [0.2, 0.25) is 0 Å². The lowest BCUT2D eigenvalue weighted by Crippen LogP contribution is -2.24. The number of nitrogens with one attached hydrogen (secondary N) is 2. The Labute approximate surface area is 108 Å². The molecule has 0 saturated heterocycles. The highest BCUT2D eigenvalue weighted by Crippen LogP contribution is 2.14. The topological polar surface area (TPSA) is 50.4 Å². The van der Waals surface area contributed by atoms with Gasteiger partial charge in [0.15, 0.2) is 0 Å². The molecular weight excluding hydrogens is 261 g/mol. The molecule has 0 atom stereocenters. The summed E-state index contributed by atoms with van der Waals surface area (Å²) < 4.78 is 39.7. The van der Waals surface area contributed by atoms with Crippen molar-refractivity contribution >= 4 is 11.6 Å². The van der Waals surface area contributed by atoms with Gasteiger partial charge in [-0.2, -0.15) is 13.2 Å². The largest absolute Gasteiger partial charge is 0.411 e. The summed E-state index contributed by atoms with van der Waals surface area (Å²) in [7, 11) is 1.79. The molecule has 0 aliphatic rings. The van der Waals surface area contributed by atoms with Crippen LogP contribution >= 0.6 is 0 Å². The van der Waals surface area contributed by atoms with E-state index in [-0.39, 0.29) is 0 Å². The van der Waals surface area contributed by atoms with E-state index in [9.17, 15) is 18.0 Å². The summed E-state index contributed by atoms with van der Waals surface area (Å²) in [6, 6.07) is 7.00. The van der Waals surface area contributed by atoms with Crippen LogP contribution in [-0.4, -0.2) is 32.3 Å². The molecule has 19 heavy (non-hydrogen) atoms. The summed E-state index contributed by atoms with van der Waals surface area (Å²) in [6.45, 7) is -1.43. The van der Waals surface area contributed by atoms with Gasteiger partial charge in [-0.3, -0.25) is 4.79 Å². The number of amides is 1. The molecule has 0 radical (unpaired) electrons. The Morgan fingerprint density at radius 2 is 2.11 bits per heavy atom. The zero-order valence-electron chi connectivity index (χ0n) is 10.4. The van der Waals surface area contributed by atoms with Gasteiger partial charge >= 0.3 is 6.18 Å². The fraction of sp³-hybridized carbons (Fsp3) is 0.417. The third-order valence-corrected chi connectivity index (χ3v) is 2.09. The Balaban J connectivity index is 2.41.